The highest BCUT2D eigenvalue weighted by molar-refractivity contribution is 8.00. The first kappa shape index (κ1) is 15.9. The number of hydrogen-bond acceptors (Lipinski definition) is 5. The molecule has 0 aromatic carbocycles. The molecule has 0 aliphatic carbocycles. The van der Waals surface area contributed by atoms with Crippen LogP contribution in [0, 0.1) is 0 Å². The van der Waals surface area contributed by atoms with Crippen LogP contribution in [-0.2, 0) is 16.6 Å². The molecule has 2 heterocycles. The number of rotatable bonds is 5. The van der Waals surface area contributed by atoms with Crippen molar-refractivity contribution in [3.8, 4) is 0 Å². The van der Waals surface area contributed by atoms with E-state index >= 15 is 0 Å². The summed E-state index contributed by atoms with van der Waals surface area (Å²) in [4.78, 5) is 0. The largest absolute Gasteiger partial charge is 0.447 e. The lowest BCUT2D eigenvalue weighted by molar-refractivity contribution is 0.320. The standard InChI is InChI=1S/C13H22N2O3S2/c1-4-14-9-12-5-6-13(18-12)20(16,17)15-7-8-19-11(3)10(15)2/h5-6,10-11,14H,4,7-9H2,1-3H3. The van der Waals surface area contributed by atoms with Gasteiger partial charge in [-0.05, 0) is 25.6 Å². The normalized spacial score (nSPS) is 24.9. The third kappa shape index (κ3) is 3.21. The van der Waals surface area contributed by atoms with Gasteiger partial charge >= 0.3 is 0 Å². The average molecular weight is 318 g/mol. The zero-order chi connectivity index (χ0) is 14.8. The Balaban J connectivity index is 2.19. The summed E-state index contributed by atoms with van der Waals surface area (Å²) in [6.45, 7) is 7.93. The predicted octanol–water partition coefficient (Wildman–Crippen LogP) is 1.90. The van der Waals surface area contributed by atoms with Crippen LogP contribution in [-0.4, -0.2) is 42.9 Å². The van der Waals surface area contributed by atoms with Crippen molar-refractivity contribution in [1.82, 2.24) is 9.62 Å². The summed E-state index contributed by atoms with van der Waals surface area (Å²) in [5.74, 6) is 1.48. The van der Waals surface area contributed by atoms with Gasteiger partial charge < -0.3 is 9.73 Å². The van der Waals surface area contributed by atoms with Gasteiger partial charge in [0.05, 0.1) is 6.54 Å². The quantitative estimate of drug-likeness (QED) is 0.898. The van der Waals surface area contributed by atoms with Crippen LogP contribution in [0.25, 0.3) is 0 Å². The minimum atomic E-state index is -3.52. The summed E-state index contributed by atoms with van der Waals surface area (Å²) < 4.78 is 32.3. The van der Waals surface area contributed by atoms with Gasteiger partial charge in [0.15, 0.2) is 0 Å². The molecule has 0 spiro atoms. The minimum absolute atomic E-state index is 0.0129. The summed E-state index contributed by atoms with van der Waals surface area (Å²) in [6, 6.07) is 3.27. The van der Waals surface area contributed by atoms with Crippen LogP contribution in [0.2, 0.25) is 0 Å². The van der Waals surface area contributed by atoms with E-state index in [2.05, 4.69) is 12.2 Å². The Morgan fingerprint density at radius 1 is 1.45 bits per heavy atom. The SMILES string of the molecule is CCNCc1ccc(S(=O)(=O)N2CCSC(C)C2C)o1. The molecule has 20 heavy (non-hydrogen) atoms. The van der Waals surface area contributed by atoms with Crippen molar-refractivity contribution in [3.63, 3.8) is 0 Å². The van der Waals surface area contributed by atoms with Crippen molar-refractivity contribution < 1.29 is 12.8 Å². The molecule has 0 radical (unpaired) electrons. The Morgan fingerprint density at radius 2 is 2.20 bits per heavy atom. The van der Waals surface area contributed by atoms with E-state index in [1.807, 2.05) is 25.6 Å². The number of thioether (sulfide) groups is 1. The fourth-order valence-corrected chi connectivity index (χ4v) is 5.13. The maximum Gasteiger partial charge on any atom is 0.276 e. The van der Waals surface area contributed by atoms with Crippen LogP contribution in [0.3, 0.4) is 0 Å². The lowest BCUT2D eigenvalue weighted by Gasteiger charge is -2.35. The average Bonchev–Trinajstić information content (AvgIpc) is 2.89. The molecule has 1 aromatic heterocycles. The van der Waals surface area contributed by atoms with Gasteiger partial charge in [-0.2, -0.15) is 16.1 Å². The van der Waals surface area contributed by atoms with Crippen molar-refractivity contribution >= 4 is 21.8 Å². The summed E-state index contributed by atoms with van der Waals surface area (Å²) in [5, 5.41) is 3.47. The molecule has 2 unspecified atom stereocenters. The van der Waals surface area contributed by atoms with Crippen molar-refractivity contribution in [2.45, 2.75) is 43.7 Å². The highest BCUT2D eigenvalue weighted by Crippen LogP contribution is 2.29. The summed E-state index contributed by atoms with van der Waals surface area (Å²) >= 11 is 1.81. The fraction of sp³-hybridized carbons (Fsp3) is 0.692. The molecule has 5 nitrogen and oxygen atoms in total. The van der Waals surface area contributed by atoms with Gasteiger partial charge in [0, 0.05) is 23.6 Å². The smallest absolute Gasteiger partial charge is 0.276 e. The van der Waals surface area contributed by atoms with E-state index in [0.29, 0.717) is 24.1 Å². The Morgan fingerprint density at radius 3 is 2.90 bits per heavy atom. The summed E-state index contributed by atoms with van der Waals surface area (Å²) in [6.07, 6.45) is 0. The second kappa shape index (κ2) is 6.51. The van der Waals surface area contributed by atoms with Gasteiger partial charge in [0.1, 0.15) is 5.76 Å². The van der Waals surface area contributed by atoms with Gasteiger partial charge in [-0.15, -0.1) is 0 Å². The molecular formula is C13H22N2O3S2. The van der Waals surface area contributed by atoms with Crippen molar-refractivity contribution in [2.75, 3.05) is 18.8 Å². The molecule has 1 aromatic rings. The second-order valence-corrected chi connectivity index (χ2v) is 8.24. The van der Waals surface area contributed by atoms with Gasteiger partial charge in [-0.1, -0.05) is 13.8 Å². The van der Waals surface area contributed by atoms with E-state index in [1.165, 1.54) is 0 Å². The molecule has 0 bridgehead atoms. The Labute approximate surface area is 125 Å². The van der Waals surface area contributed by atoms with Gasteiger partial charge in [-0.25, -0.2) is 8.42 Å². The molecule has 2 atom stereocenters. The first-order chi connectivity index (χ1) is 9.46. The van der Waals surface area contributed by atoms with Crippen molar-refractivity contribution in [3.05, 3.63) is 17.9 Å². The maximum atomic E-state index is 12.6. The first-order valence-corrected chi connectivity index (χ1v) is 9.38. The fourth-order valence-electron chi connectivity index (χ4n) is 2.20. The number of nitrogens with one attached hydrogen (secondary N) is 1. The number of hydrogen-bond donors (Lipinski definition) is 1. The monoisotopic (exact) mass is 318 g/mol. The van der Waals surface area contributed by atoms with Crippen LogP contribution in [0.1, 0.15) is 26.5 Å². The summed E-state index contributed by atoms with van der Waals surface area (Å²) in [5.41, 5.74) is 0. The Kier molecular flexibility index (Phi) is 5.17. The second-order valence-electron chi connectivity index (χ2n) is 4.93. The van der Waals surface area contributed by atoms with E-state index in [1.54, 1.807) is 16.4 Å². The predicted molar refractivity (Wildman–Crippen MR) is 81.4 cm³/mol. The molecule has 7 heteroatoms. The lowest BCUT2D eigenvalue weighted by Crippen LogP contribution is -2.47. The highest BCUT2D eigenvalue weighted by atomic mass is 32.2. The minimum Gasteiger partial charge on any atom is -0.447 e. The molecule has 0 saturated carbocycles. The molecule has 1 saturated heterocycles. The van der Waals surface area contributed by atoms with E-state index < -0.39 is 10.0 Å². The van der Waals surface area contributed by atoms with Crippen LogP contribution in [0.5, 0.6) is 0 Å². The van der Waals surface area contributed by atoms with Crippen LogP contribution < -0.4 is 5.32 Å². The Bertz CT molecular complexity index is 542. The zero-order valence-electron chi connectivity index (χ0n) is 12.1. The molecule has 1 aliphatic heterocycles. The van der Waals surface area contributed by atoms with E-state index in [9.17, 15) is 8.42 Å². The zero-order valence-corrected chi connectivity index (χ0v) is 13.8. The van der Waals surface area contributed by atoms with Gasteiger partial charge in [0.25, 0.3) is 10.0 Å². The van der Waals surface area contributed by atoms with Crippen molar-refractivity contribution in [1.29, 1.82) is 0 Å². The Hall–Kier alpha value is -0.500. The van der Waals surface area contributed by atoms with E-state index in [4.69, 9.17) is 4.42 Å². The third-order valence-corrected chi connectivity index (χ3v) is 6.77. The molecule has 0 amide bonds. The number of sulfonamides is 1. The first-order valence-electron chi connectivity index (χ1n) is 6.89. The molecule has 114 valence electrons. The van der Waals surface area contributed by atoms with E-state index in [0.717, 1.165) is 12.3 Å². The molecule has 1 N–H and O–H groups in total. The van der Waals surface area contributed by atoms with Gasteiger partial charge in [0.2, 0.25) is 5.09 Å². The summed E-state index contributed by atoms with van der Waals surface area (Å²) in [7, 11) is -3.52. The van der Waals surface area contributed by atoms with Crippen LogP contribution in [0.4, 0.5) is 0 Å². The highest BCUT2D eigenvalue weighted by Gasteiger charge is 2.36. The molecular weight excluding hydrogens is 296 g/mol. The molecule has 2 rings (SSSR count). The third-order valence-electron chi connectivity index (χ3n) is 3.58. The molecule has 1 aliphatic rings. The number of nitrogens with zero attached hydrogens (tertiary/aromatic N) is 1. The van der Waals surface area contributed by atoms with Gasteiger partial charge in [-0.3, -0.25) is 0 Å². The van der Waals surface area contributed by atoms with E-state index in [-0.39, 0.29) is 11.1 Å². The van der Waals surface area contributed by atoms with Crippen LogP contribution >= 0.6 is 11.8 Å². The molecule has 1 fully saturated rings. The maximum absolute atomic E-state index is 12.6. The lowest BCUT2D eigenvalue weighted by atomic mass is 10.2. The number of furan rings is 1. The van der Waals surface area contributed by atoms with Crippen molar-refractivity contribution in [2.24, 2.45) is 0 Å². The topological polar surface area (TPSA) is 62.6 Å². The van der Waals surface area contributed by atoms with Crippen LogP contribution in [0.15, 0.2) is 21.6 Å².